The molecule has 4 bridgehead atoms. The van der Waals surface area contributed by atoms with Crippen molar-refractivity contribution in [2.75, 3.05) is 18.0 Å². The van der Waals surface area contributed by atoms with E-state index in [0.717, 1.165) is 54.8 Å². The van der Waals surface area contributed by atoms with Crippen LogP contribution in [0.25, 0.3) is 11.0 Å². The van der Waals surface area contributed by atoms with Gasteiger partial charge in [-0.25, -0.2) is 14.4 Å². The largest absolute Gasteiger partial charge is 0.356 e. The molecule has 0 saturated heterocycles. The first-order valence-corrected chi connectivity index (χ1v) is 12.5. The number of halogens is 1. The van der Waals surface area contributed by atoms with Gasteiger partial charge < -0.3 is 10.2 Å². The summed E-state index contributed by atoms with van der Waals surface area (Å²) in [7, 11) is 0. The van der Waals surface area contributed by atoms with Crippen molar-refractivity contribution in [3.05, 3.63) is 42.4 Å². The van der Waals surface area contributed by atoms with Gasteiger partial charge in [-0.05, 0) is 68.4 Å². The molecule has 2 N–H and O–H groups in total. The fraction of sp³-hybridized carbons (Fsp3) is 0.538. The zero-order valence-electron chi connectivity index (χ0n) is 19.1. The third-order valence-electron chi connectivity index (χ3n) is 8.80. The van der Waals surface area contributed by atoms with Gasteiger partial charge in [0.1, 0.15) is 17.8 Å². The number of carbonyl (C=O) groups excluding carboxylic acids is 1. The van der Waals surface area contributed by atoms with Crippen molar-refractivity contribution in [3.63, 3.8) is 0 Å². The first-order valence-electron chi connectivity index (χ1n) is 12.5. The molecular weight excluding hydrogens is 431 g/mol. The summed E-state index contributed by atoms with van der Waals surface area (Å²) in [6, 6.07) is 8.40. The number of nitrogens with one attached hydrogen (secondary N) is 2. The molecule has 1 amide bonds. The molecule has 8 rings (SSSR count). The Morgan fingerprint density at radius 2 is 2.00 bits per heavy atom. The number of hydrogen-bond donors (Lipinski definition) is 2. The Morgan fingerprint density at radius 1 is 1.18 bits per heavy atom. The molecule has 1 aliphatic heterocycles. The second-order valence-corrected chi connectivity index (χ2v) is 11.1. The van der Waals surface area contributed by atoms with Crippen molar-refractivity contribution in [2.45, 2.75) is 56.5 Å². The van der Waals surface area contributed by atoms with Gasteiger partial charge in [0.25, 0.3) is 0 Å². The van der Waals surface area contributed by atoms with Gasteiger partial charge in [-0.2, -0.15) is 5.10 Å². The van der Waals surface area contributed by atoms with E-state index in [1.165, 1.54) is 5.56 Å². The molecule has 7 nitrogen and oxygen atoms in total. The monoisotopic (exact) mass is 460 g/mol. The third kappa shape index (κ3) is 3.07. The minimum atomic E-state index is -1.11. The molecule has 4 fully saturated rings. The summed E-state index contributed by atoms with van der Waals surface area (Å²) in [5, 5.41) is 11.2. The van der Waals surface area contributed by atoms with E-state index in [1.807, 2.05) is 6.07 Å². The van der Waals surface area contributed by atoms with E-state index in [0.29, 0.717) is 37.6 Å². The molecule has 3 aromatic rings. The number of rotatable bonds is 5. The number of alkyl halides is 1. The minimum absolute atomic E-state index is 0.0858. The van der Waals surface area contributed by atoms with Crippen molar-refractivity contribution in [2.24, 2.45) is 17.3 Å². The van der Waals surface area contributed by atoms with Gasteiger partial charge in [0.2, 0.25) is 5.91 Å². The van der Waals surface area contributed by atoms with Gasteiger partial charge in [-0.15, -0.1) is 0 Å². The van der Waals surface area contributed by atoms with E-state index in [2.05, 4.69) is 48.6 Å². The molecule has 8 heteroatoms. The highest BCUT2D eigenvalue weighted by molar-refractivity contribution is 5.90. The minimum Gasteiger partial charge on any atom is -0.356 e. The van der Waals surface area contributed by atoms with Gasteiger partial charge in [-0.3, -0.25) is 9.89 Å². The topological polar surface area (TPSA) is 86.8 Å². The normalized spacial score (nSPS) is 33.4. The lowest BCUT2D eigenvalue weighted by atomic mass is 9.48. The van der Waals surface area contributed by atoms with Crippen LogP contribution in [0.5, 0.6) is 0 Å². The highest BCUT2D eigenvalue weighted by Crippen LogP contribution is 2.63. The molecule has 3 unspecified atom stereocenters. The summed E-state index contributed by atoms with van der Waals surface area (Å²) in [5.74, 6) is 1.99. The molecule has 1 aromatic carbocycles. The SMILES string of the molecule is O=C(NCCC1CN(c2ncnc3[nH]ncc23)c2ccccc21)C12CC3CC(CC(F)(C3)C1)C2. The molecule has 3 heterocycles. The number of aromatic nitrogens is 4. The van der Waals surface area contributed by atoms with E-state index < -0.39 is 11.1 Å². The van der Waals surface area contributed by atoms with Crippen molar-refractivity contribution in [1.29, 1.82) is 0 Å². The molecule has 34 heavy (non-hydrogen) atoms. The fourth-order valence-electron chi connectivity index (χ4n) is 7.87. The maximum Gasteiger partial charge on any atom is 0.226 e. The van der Waals surface area contributed by atoms with Crippen LogP contribution < -0.4 is 10.2 Å². The Labute approximate surface area is 197 Å². The first kappa shape index (κ1) is 20.4. The number of carbonyl (C=O) groups is 1. The van der Waals surface area contributed by atoms with E-state index in [-0.39, 0.29) is 11.8 Å². The maximum absolute atomic E-state index is 15.3. The number of amides is 1. The van der Waals surface area contributed by atoms with Crippen molar-refractivity contribution >= 4 is 28.4 Å². The summed E-state index contributed by atoms with van der Waals surface area (Å²) < 4.78 is 15.3. The van der Waals surface area contributed by atoms with Crippen molar-refractivity contribution in [1.82, 2.24) is 25.5 Å². The molecule has 0 radical (unpaired) electrons. The maximum atomic E-state index is 15.3. The van der Waals surface area contributed by atoms with Crippen LogP contribution in [0.1, 0.15) is 56.4 Å². The summed E-state index contributed by atoms with van der Waals surface area (Å²) in [6.07, 6.45) is 8.78. The summed E-state index contributed by atoms with van der Waals surface area (Å²) in [5.41, 5.74) is 1.54. The molecule has 3 atom stereocenters. The van der Waals surface area contributed by atoms with Crippen LogP contribution in [-0.2, 0) is 4.79 Å². The number of benzene rings is 1. The number of fused-ring (bicyclic) bond motifs is 2. The lowest BCUT2D eigenvalue weighted by Gasteiger charge is -2.58. The van der Waals surface area contributed by atoms with Crippen LogP contribution in [0.2, 0.25) is 0 Å². The molecule has 2 aromatic heterocycles. The Balaban J connectivity index is 1.07. The molecule has 0 spiro atoms. The Morgan fingerprint density at radius 3 is 2.82 bits per heavy atom. The third-order valence-corrected chi connectivity index (χ3v) is 8.80. The lowest BCUT2D eigenvalue weighted by Crippen LogP contribution is -2.58. The average Bonchev–Trinajstić information content (AvgIpc) is 3.42. The number of hydrogen-bond acceptors (Lipinski definition) is 5. The van der Waals surface area contributed by atoms with Gasteiger partial charge in [0.05, 0.1) is 17.0 Å². The molecule has 176 valence electrons. The number of H-pyrrole nitrogens is 1. The van der Waals surface area contributed by atoms with Crippen LogP contribution >= 0.6 is 0 Å². The smallest absolute Gasteiger partial charge is 0.226 e. The molecule has 4 saturated carbocycles. The highest BCUT2D eigenvalue weighted by atomic mass is 19.1. The quantitative estimate of drug-likeness (QED) is 0.589. The van der Waals surface area contributed by atoms with Crippen LogP contribution in [0.3, 0.4) is 0 Å². The predicted molar refractivity (Wildman–Crippen MR) is 126 cm³/mol. The van der Waals surface area contributed by atoms with Crippen LogP contribution in [-0.4, -0.2) is 44.8 Å². The second kappa shape index (κ2) is 7.23. The Kier molecular flexibility index (Phi) is 4.33. The number of para-hydroxylation sites is 1. The van der Waals surface area contributed by atoms with Gasteiger partial charge in [0.15, 0.2) is 5.65 Å². The van der Waals surface area contributed by atoms with Gasteiger partial charge in [-0.1, -0.05) is 18.2 Å². The molecule has 4 aliphatic carbocycles. The highest BCUT2D eigenvalue weighted by Gasteiger charge is 2.61. The lowest BCUT2D eigenvalue weighted by molar-refractivity contribution is -0.160. The number of nitrogens with zero attached hydrogens (tertiary/aromatic N) is 4. The van der Waals surface area contributed by atoms with Crippen molar-refractivity contribution < 1.29 is 9.18 Å². The Hall–Kier alpha value is -3.03. The van der Waals surface area contributed by atoms with Crippen molar-refractivity contribution in [3.8, 4) is 0 Å². The van der Waals surface area contributed by atoms with E-state index in [1.54, 1.807) is 12.5 Å². The molecular formula is C26H29FN6O. The van der Waals surface area contributed by atoms with Crippen LogP contribution in [0, 0.1) is 17.3 Å². The van der Waals surface area contributed by atoms with E-state index >= 15 is 4.39 Å². The molecule has 5 aliphatic rings. The van der Waals surface area contributed by atoms with Gasteiger partial charge in [0, 0.05) is 24.7 Å². The Bertz CT molecular complexity index is 1260. The van der Waals surface area contributed by atoms with E-state index in [9.17, 15) is 4.79 Å². The van der Waals surface area contributed by atoms with Crippen LogP contribution in [0.4, 0.5) is 15.9 Å². The summed E-state index contributed by atoms with van der Waals surface area (Å²) in [4.78, 5) is 24.4. The summed E-state index contributed by atoms with van der Waals surface area (Å²) in [6.45, 7) is 1.39. The number of aromatic amines is 1. The van der Waals surface area contributed by atoms with E-state index in [4.69, 9.17) is 0 Å². The zero-order valence-corrected chi connectivity index (χ0v) is 19.1. The second-order valence-electron chi connectivity index (χ2n) is 11.1. The zero-order chi connectivity index (χ0) is 22.9. The van der Waals surface area contributed by atoms with Crippen LogP contribution in [0.15, 0.2) is 36.8 Å². The first-order chi connectivity index (χ1) is 16.5. The fourth-order valence-corrected chi connectivity index (χ4v) is 7.87. The average molecular weight is 461 g/mol. The summed E-state index contributed by atoms with van der Waals surface area (Å²) >= 11 is 0. The standard InChI is InChI=1S/C26H29FN6O/c27-26-10-16-7-17(11-26)9-25(8-16,14-26)24(34)28-6-5-18-13-33(21-4-2-1-3-19(18)21)23-20-12-31-32-22(20)29-15-30-23/h1-4,12,15-18H,5-11,13-14H2,(H,28,34)(H,29,30,31,32). The predicted octanol–water partition coefficient (Wildman–Crippen LogP) is 4.40. The number of anilines is 2. The van der Waals surface area contributed by atoms with Gasteiger partial charge >= 0.3 is 0 Å².